The minimum absolute atomic E-state index is 0.0670. The maximum atomic E-state index is 11.6. The van der Waals surface area contributed by atoms with Crippen LogP contribution in [-0.4, -0.2) is 11.0 Å². The fraction of sp³-hybridized carbons (Fsp3) is 0.364. The highest BCUT2D eigenvalue weighted by Crippen LogP contribution is 2.47. The van der Waals surface area contributed by atoms with Gasteiger partial charge in [-0.25, -0.2) is 0 Å². The van der Waals surface area contributed by atoms with Crippen molar-refractivity contribution in [2.24, 2.45) is 0 Å². The number of carbonyl (C=O) groups excluding carboxylic acids is 1. The van der Waals surface area contributed by atoms with Gasteiger partial charge in [0.2, 0.25) is 0 Å². The van der Waals surface area contributed by atoms with Gasteiger partial charge in [0, 0.05) is 11.7 Å². The number of thioether (sulfide) groups is 1. The maximum absolute atomic E-state index is 11.6. The van der Waals surface area contributed by atoms with Crippen LogP contribution in [0.5, 0.6) is 0 Å². The van der Waals surface area contributed by atoms with Gasteiger partial charge in [0.1, 0.15) is 17.7 Å². The molecule has 0 aromatic rings. The predicted octanol–water partition coefficient (Wildman–Crippen LogP) is 2.08. The molecule has 1 aliphatic heterocycles. The van der Waals surface area contributed by atoms with E-state index in [-0.39, 0.29) is 17.8 Å². The normalized spacial score (nSPS) is 23.8. The van der Waals surface area contributed by atoms with Crippen molar-refractivity contribution in [3.63, 3.8) is 0 Å². The number of ketones is 1. The average Bonchev–Trinajstić information content (AvgIpc) is 2.70. The van der Waals surface area contributed by atoms with E-state index in [9.17, 15) is 4.79 Å². The lowest BCUT2D eigenvalue weighted by molar-refractivity contribution is -0.113. The third-order valence-electron chi connectivity index (χ3n) is 2.56. The first-order valence-electron chi connectivity index (χ1n) is 4.64. The van der Waals surface area contributed by atoms with Gasteiger partial charge in [-0.05, 0) is 17.6 Å². The van der Waals surface area contributed by atoms with Crippen molar-refractivity contribution in [2.75, 3.05) is 0 Å². The molecule has 0 aromatic carbocycles. The molecule has 1 aliphatic carbocycles. The van der Waals surface area contributed by atoms with E-state index >= 15 is 0 Å². The summed E-state index contributed by atoms with van der Waals surface area (Å²) in [6.07, 6.45) is 1.04. The number of rotatable bonds is 0. The van der Waals surface area contributed by atoms with Gasteiger partial charge >= 0.3 is 0 Å². The molecule has 1 unspecified atom stereocenters. The van der Waals surface area contributed by atoms with Crippen molar-refractivity contribution >= 4 is 17.5 Å². The van der Waals surface area contributed by atoms with Gasteiger partial charge in [-0.2, -0.15) is 10.5 Å². The first-order chi connectivity index (χ1) is 7.17. The minimum atomic E-state index is 0.0670. The number of nitrogens with zero attached hydrogens (tertiary/aromatic N) is 2. The second-order valence-electron chi connectivity index (χ2n) is 3.62. The van der Waals surface area contributed by atoms with Crippen molar-refractivity contribution in [1.29, 1.82) is 10.5 Å². The van der Waals surface area contributed by atoms with Gasteiger partial charge in [-0.1, -0.05) is 6.92 Å². The molecule has 0 amide bonds. The van der Waals surface area contributed by atoms with Crippen molar-refractivity contribution in [3.8, 4) is 12.1 Å². The molecule has 2 aliphatic rings. The lowest BCUT2D eigenvalue weighted by atomic mass is 10.00. The lowest BCUT2D eigenvalue weighted by Gasteiger charge is -2.04. The Hall–Kier alpha value is -1.52. The van der Waals surface area contributed by atoms with Crippen LogP contribution in [0, 0.1) is 22.7 Å². The lowest BCUT2D eigenvalue weighted by Crippen LogP contribution is -1.99. The summed E-state index contributed by atoms with van der Waals surface area (Å²) in [6, 6.07) is 3.73. The molecule has 1 atom stereocenters. The van der Waals surface area contributed by atoms with Crippen LogP contribution in [-0.2, 0) is 4.79 Å². The second kappa shape index (κ2) is 3.56. The third-order valence-corrected chi connectivity index (χ3v) is 3.84. The Kier molecular flexibility index (Phi) is 2.38. The van der Waals surface area contributed by atoms with Crippen molar-refractivity contribution < 1.29 is 4.79 Å². The topological polar surface area (TPSA) is 64.7 Å². The molecule has 0 fully saturated rings. The quantitative estimate of drug-likeness (QED) is 0.581. The van der Waals surface area contributed by atoms with Crippen molar-refractivity contribution in [1.82, 2.24) is 0 Å². The van der Waals surface area contributed by atoms with Crippen LogP contribution < -0.4 is 0 Å². The molecule has 1 heterocycles. The average molecular weight is 216 g/mol. The van der Waals surface area contributed by atoms with E-state index in [4.69, 9.17) is 10.5 Å². The van der Waals surface area contributed by atoms with E-state index in [1.807, 2.05) is 19.1 Å². The Bertz CT molecular complexity index is 472. The number of Topliss-reactive ketones (excluding diaryl/α,β-unsaturated/α-hetero) is 1. The van der Waals surface area contributed by atoms with Crippen molar-refractivity contribution in [2.45, 2.75) is 25.0 Å². The molecular weight excluding hydrogens is 208 g/mol. The summed E-state index contributed by atoms with van der Waals surface area (Å²) in [4.78, 5) is 12.4. The molecule has 2 rings (SSSR count). The highest BCUT2D eigenvalue weighted by Gasteiger charge is 2.36. The Labute approximate surface area is 92.1 Å². The van der Waals surface area contributed by atoms with E-state index in [0.29, 0.717) is 10.8 Å². The Morgan fingerprint density at radius 3 is 2.73 bits per heavy atom. The van der Waals surface area contributed by atoms with E-state index in [1.165, 1.54) is 0 Å². The van der Waals surface area contributed by atoms with Crippen LogP contribution in [0.15, 0.2) is 21.6 Å². The van der Waals surface area contributed by atoms with Crippen LogP contribution in [0.2, 0.25) is 0 Å². The van der Waals surface area contributed by atoms with Gasteiger partial charge in [-0.3, -0.25) is 4.79 Å². The molecule has 0 N–H and O–H groups in total. The Morgan fingerprint density at radius 1 is 1.47 bits per heavy atom. The molecular formula is C11H8N2OS. The fourth-order valence-corrected chi connectivity index (χ4v) is 3.14. The predicted molar refractivity (Wildman–Crippen MR) is 56.6 cm³/mol. The van der Waals surface area contributed by atoms with Gasteiger partial charge < -0.3 is 0 Å². The smallest absolute Gasteiger partial charge is 0.173 e. The Balaban J connectivity index is 2.51. The van der Waals surface area contributed by atoms with Crippen LogP contribution in [0.3, 0.4) is 0 Å². The van der Waals surface area contributed by atoms with Crippen LogP contribution in [0.4, 0.5) is 0 Å². The minimum Gasteiger partial charge on any atom is -0.293 e. The largest absolute Gasteiger partial charge is 0.293 e. The Morgan fingerprint density at radius 2 is 2.13 bits per heavy atom. The maximum Gasteiger partial charge on any atom is 0.173 e. The number of carbonyl (C=O) groups is 1. The fourth-order valence-electron chi connectivity index (χ4n) is 1.94. The van der Waals surface area contributed by atoms with Crippen LogP contribution >= 0.6 is 11.8 Å². The van der Waals surface area contributed by atoms with Crippen LogP contribution in [0.25, 0.3) is 0 Å². The molecule has 0 bridgehead atoms. The molecule has 0 saturated carbocycles. The van der Waals surface area contributed by atoms with E-state index < -0.39 is 0 Å². The van der Waals surface area contributed by atoms with E-state index in [0.717, 1.165) is 16.9 Å². The van der Waals surface area contributed by atoms with Gasteiger partial charge in [0.15, 0.2) is 5.78 Å². The summed E-state index contributed by atoms with van der Waals surface area (Å²) in [5.41, 5.74) is 1.70. The first-order valence-corrected chi connectivity index (χ1v) is 5.52. The molecule has 0 aromatic heterocycles. The van der Waals surface area contributed by atoms with Gasteiger partial charge in [-0.15, -0.1) is 11.8 Å². The second-order valence-corrected chi connectivity index (χ2v) is 5.07. The number of allylic oxidation sites excluding steroid dienone is 4. The summed E-state index contributed by atoms with van der Waals surface area (Å²) < 4.78 is 0. The summed E-state index contributed by atoms with van der Waals surface area (Å²) in [6.45, 7) is 2.05. The van der Waals surface area contributed by atoms with Crippen LogP contribution in [0.1, 0.15) is 19.8 Å². The zero-order valence-electron chi connectivity index (χ0n) is 8.20. The van der Waals surface area contributed by atoms with Gasteiger partial charge in [0.05, 0.1) is 4.91 Å². The molecule has 0 radical (unpaired) electrons. The number of nitriles is 2. The highest BCUT2D eigenvalue weighted by atomic mass is 32.2. The van der Waals surface area contributed by atoms with E-state index in [1.54, 1.807) is 11.8 Å². The molecule has 0 spiro atoms. The zero-order chi connectivity index (χ0) is 11.0. The van der Waals surface area contributed by atoms with E-state index in [2.05, 4.69) is 0 Å². The molecule has 74 valence electrons. The summed E-state index contributed by atoms with van der Waals surface area (Å²) in [7, 11) is 0. The van der Waals surface area contributed by atoms with Gasteiger partial charge in [0.25, 0.3) is 0 Å². The monoisotopic (exact) mass is 216 g/mol. The molecule has 3 nitrogen and oxygen atoms in total. The molecule has 0 saturated heterocycles. The third kappa shape index (κ3) is 1.48. The van der Waals surface area contributed by atoms with Crippen molar-refractivity contribution in [3.05, 3.63) is 21.6 Å². The summed E-state index contributed by atoms with van der Waals surface area (Å²) in [5.74, 6) is 0.0670. The summed E-state index contributed by atoms with van der Waals surface area (Å²) in [5, 5.41) is 18.0. The number of hydrogen-bond donors (Lipinski definition) is 0. The molecule has 15 heavy (non-hydrogen) atoms. The standard InChI is InChI=1S/C11H8N2OS/c1-6-2-9-8(7(4-12)5-13)3-10(14)11(9)15-6/h6H,2-3H2,1H3. The molecule has 4 heteroatoms. The highest BCUT2D eigenvalue weighted by molar-refractivity contribution is 8.04. The zero-order valence-corrected chi connectivity index (χ0v) is 9.02. The SMILES string of the molecule is CC1CC2=C(S1)C(=O)CC2=C(C#N)C#N. The first kappa shape index (κ1) is 10.0. The number of hydrogen-bond acceptors (Lipinski definition) is 4. The summed E-state index contributed by atoms with van der Waals surface area (Å²) >= 11 is 1.56.